The average molecular weight is 1080 g/mol. The van der Waals surface area contributed by atoms with Crippen molar-refractivity contribution in [3.05, 3.63) is 221 Å². The van der Waals surface area contributed by atoms with Crippen LogP contribution in [-0.4, -0.2) is 0 Å². The van der Waals surface area contributed by atoms with Crippen LogP contribution in [0, 0.1) is 0 Å². The van der Waals surface area contributed by atoms with Crippen LogP contribution in [0.15, 0.2) is 188 Å². The van der Waals surface area contributed by atoms with Gasteiger partial charge in [-0.2, -0.15) is 0 Å². The number of rotatable bonds is 6. The predicted molar refractivity (Wildman–Crippen MR) is 286 cm³/mol. The van der Waals surface area contributed by atoms with Crippen molar-refractivity contribution in [1.29, 1.82) is 0 Å². The predicted octanol–water partition coefficient (Wildman–Crippen LogP) is 17.9. The standard InChI is InChI=1S/C58H38Br4N2/c59-51-27-49(28-52(60)57(51)63-31-45-9-1-5-37-6-2-10-46(32-63)55(37)45)43-21-19-39-23-35(15-17-41(39)25-43)13-14-36-16-18-42-26-44(22-20-40(42)24-36)50-29-53(61)58(54(62)30-50)64-33-47-11-3-7-38-8-4-12-48(34-64)56(38)47/h1-30H,31-34H2/b14-13+. The molecule has 2 aliphatic rings. The molecule has 0 amide bonds. The van der Waals surface area contributed by atoms with E-state index in [0.717, 1.165) is 44.1 Å². The topological polar surface area (TPSA) is 6.48 Å². The number of hydrogen-bond acceptors (Lipinski definition) is 2. The van der Waals surface area contributed by atoms with E-state index in [1.807, 2.05) is 0 Å². The molecule has 0 unspecified atom stereocenters. The van der Waals surface area contributed by atoms with Crippen molar-refractivity contribution in [2.45, 2.75) is 26.2 Å². The fraction of sp³-hybridized carbons (Fsp3) is 0.0690. The average Bonchev–Trinajstić information content (AvgIpc) is 3.30. The highest BCUT2D eigenvalue weighted by atomic mass is 79.9. The summed E-state index contributed by atoms with van der Waals surface area (Å²) in [6.45, 7) is 3.50. The Labute approximate surface area is 406 Å². The third-order valence-corrected chi connectivity index (χ3v) is 15.5. The van der Waals surface area contributed by atoms with Crippen LogP contribution in [0.5, 0.6) is 0 Å². The quantitative estimate of drug-likeness (QED) is 0.153. The molecular weight excluding hydrogens is 1040 g/mol. The van der Waals surface area contributed by atoms with Gasteiger partial charge in [0.25, 0.3) is 0 Å². The Morgan fingerprint density at radius 3 is 1.00 bits per heavy atom. The van der Waals surface area contributed by atoms with Crippen molar-refractivity contribution in [3.8, 4) is 22.3 Å². The molecular formula is C58H38Br4N2. The SMILES string of the molecule is Brc1cc(-c2ccc3cc(/C=C/c4ccc5cc(-c6cc(Br)c(N7Cc8cccc9cccc(c89)C7)c(Br)c6)ccc5c4)ccc3c2)cc(Br)c1N1Cc2cccc3cccc(c23)C1. The fourth-order valence-electron chi connectivity index (χ4n) is 10.1. The van der Waals surface area contributed by atoms with Crippen LogP contribution < -0.4 is 9.80 Å². The fourth-order valence-corrected chi connectivity index (χ4v) is 13.5. The second-order valence-electron chi connectivity index (χ2n) is 17.1. The zero-order chi connectivity index (χ0) is 43.1. The van der Waals surface area contributed by atoms with E-state index in [2.05, 4.69) is 256 Å². The Hall–Kier alpha value is -5.50. The van der Waals surface area contributed by atoms with Crippen molar-refractivity contribution < 1.29 is 0 Å². The van der Waals surface area contributed by atoms with Gasteiger partial charge in [-0.1, -0.05) is 133 Å². The molecule has 2 aliphatic heterocycles. The molecule has 308 valence electrons. The first kappa shape index (κ1) is 40.0. The normalized spacial score (nSPS) is 13.6. The molecule has 10 aromatic rings. The Balaban J connectivity index is 0.749. The van der Waals surface area contributed by atoms with Gasteiger partial charge in [0.2, 0.25) is 0 Å². The Morgan fingerprint density at radius 2 is 0.641 bits per heavy atom. The van der Waals surface area contributed by atoms with Crippen molar-refractivity contribution >= 4 is 130 Å². The lowest BCUT2D eigenvalue weighted by Crippen LogP contribution is -2.26. The van der Waals surface area contributed by atoms with E-state index in [1.165, 1.54) is 110 Å². The molecule has 64 heavy (non-hydrogen) atoms. The summed E-state index contributed by atoms with van der Waals surface area (Å²) in [7, 11) is 0. The van der Waals surface area contributed by atoms with Crippen LogP contribution in [0.25, 0.3) is 77.5 Å². The van der Waals surface area contributed by atoms with E-state index in [0.29, 0.717) is 0 Å². The van der Waals surface area contributed by atoms with Gasteiger partial charge in [0, 0.05) is 44.1 Å². The minimum Gasteiger partial charge on any atom is -0.361 e. The van der Waals surface area contributed by atoms with Crippen LogP contribution >= 0.6 is 63.7 Å². The summed E-state index contributed by atoms with van der Waals surface area (Å²) in [6.07, 6.45) is 4.43. The zero-order valence-electron chi connectivity index (χ0n) is 34.6. The number of anilines is 2. The lowest BCUT2D eigenvalue weighted by molar-refractivity contribution is 0.784. The molecule has 0 aliphatic carbocycles. The zero-order valence-corrected chi connectivity index (χ0v) is 40.9. The Bertz CT molecular complexity index is 3230. The second kappa shape index (κ2) is 16.2. The summed E-state index contributed by atoms with van der Waals surface area (Å²) < 4.78 is 4.35. The first-order valence-electron chi connectivity index (χ1n) is 21.5. The Morgan fingerprint density at radius 1 is 0.312 bits per heavy atom. The highest BCUT2D eigenvalue weighted by molar-refractivity contribution is 9.11. The van der Waals surface area contributed by atoms with Gasteiger partial charge in [-0.25, -0.2) is 0 Å². The van der Waals surface area contributed by atoms with E-state index >= 15 is 0 Å². The van der Waals surface area contributed by atoms with Crippen LogP contribution in [0.2, 0.25) is 0 Å². The molecule has 0 saturated heterocycles. The number of nitrogens with zero attached hydrogens (tertiary/aromatic N) is 2. The van der Waals surface area contributed by atoms with E-state index in [4.69, 9.17) is 0 Å². The molecule has 0 bridgehead atoms. The number of fused-ring (bicyclic) bond motifs is 2. The van der Waals surface area contributed by atoms with Crippen molar-refractivity contribution in [3.63, 3.8) is 0 Å². The van der Waals surface area contributed by atoms with Crippen molar-refractivity contribution in [2.24, 2.45) is 0 Å². The number of benzene rings is 10. The summed E-state index contributed by atoms with van der Waals surface area (Å²) in [5.74, 6) is 0. The molecule has 0 fully saturated rings. The molecule has 0 N–H and O–H groups in total. The first-order chi connectivity index (χ1) is 31.3. The molecule has 2 nitrogen and oxygen atoms in total. The summed E-state index contributed by atoms with van der Waals surface area (Å²) in [5.41, 5.74) is 14.9. The molecule has 0 spiro atoms. The monoisotopic (exact) mass is 1080 g/mol. The third-order valence-electron chi connectivity index (χ3n) is 13.1. The van der Waals surface area contributed by atoms with Gasteiger partial charge in [-0.15, -0.1) is 0 Å². The van der Waals surface area contributed by atoms with Crippen LogP contribution in [0.4, 0.5) is 11.4 Å². The maximum atomic E-state index is 3.97. The maximum Gasteiger partial charge on any atom is 0.0661 e. The van der Waals surface area contributed by atoms with E-state index in [9.17, 15) is 0 Å². The van der Waals surface area contributed by atoms with Gasteiger partial charge in [-0.3, -0.25) is 0 Å². The summed E-state index contributed by atoms with van der Waals surface area (Å²) in [4.78, 5) is 4.93. The first-order valence-corrected chi connectivity index (χ1v) is 24.7. The van der Waals surface area contributed by atoms with Crippen LogP contribution in [-0.2, 0) is 26.2 Å². The molecule has 2 heterocycles. The van der Waals surface area contributed by atoms with Crippen molar-refractivity contribution in [2.75, 3.05) is 9.80 Å². The highest BCUT2D eigenvalue weighted by Gasteiger charge is 2.24. The molecule has 0 saturated carbocycles. The molecule has 6 heteroatoms. The molecule has 0 radical (unpaired) electrons. The lowest BCUT2D eigenvalue weighted by atomic mass is 9.94. The van der Waals surface area contributed by atoms with Crippen molar-refractivity contribution in [1.82, 2.24) is 0 Å². The number of hydrogen-bond donors (Lipinski definition) is 0. The van der Waals surface area contributed by atoms with Gasteiger partial charge in [0.1, 0.15) is 0 Å². The summed E-state index contributed by atoms with van der Waals surface area (Å²) in [6, 6.07) is 62.6. The minimum absolute atomic E-state index is 0.875. The van der Waals surface area contributed by atoms with Gasteiger partial charge in [0.05, 0.1) is 11.4 Å². The van der Waals surface area contributed by atoms with Gasteiger partial charge < -0.3 is 9.80 Å². The minimum atomic E-state index is 0.875. The number of halogens is 4. The van der Waals surface area contributed by atoms with Gasteiger partial charge in [-0.05, 0) is 211 Å². The molecule has 0 aromatic heterocycles. The summed E-state index contributed by atoms with van der Waals surface area (Å²) >= 11 is 15.9. The van der Waals surface area contributed by atoms with Crippen LogP contribution in [0.3, 0.4) is 0 Å². The maximum absolute atomic E-state index is 3.97. The molecule has 12 rings (SSSR count). The second-order valence-corrected chi connectivity index (χ2v) is 20.5. The smallest absolute Gasteiger partial charge is 0.0661 e. The Kier molecular flexibility index (Phi) is 10.1. The lowest BCUT2D eigenvalue weighted by Gasteiger charge is -2.32. The molecule has 0 atom stereocenters. The van der Waals surface area contributed by atoms with Gasteiger partial charge >= 0.3 is 0 Å². The largest absolute Gasteiger partial charge is 0.361 e. The molecule has 10 aromatic carbocycles. The van der Waals surface area contributed by atoms with E-state index < -0.39 is 0 Å². The van der Waals surface area contributed by atoms with Gasteiger partial charge in [0.15, 0.2) is 0 Å². The van der Waals surface area contributed by atoms with Crippen LogP contribution in [0.1, 0.15) is 33.4 Å². The highest BCUT2D eigenvalue weighted by Crippen LogP contribution is 2.45. The van der Waals surface area contributed by atoms with E-state index in [1.54, 1.807) is 0 Å². The summed E-state index contributed by atoms with van der Waals surface area (Å²) in [5, 5.41) is 10.3. The van der Waals surface area contributed by atoms with E-state index in [-0.39, 0.29) is 0 Å². The third kappa shape index (κ3) is 7.20.